The minimum Gasteiger partial charge on any atom is -0.497 e. The monoisotopic (exact) mass is 505 g/mol. The van der Waals surface area contributed by atoms with Gasteiger partial charge in [0.15, 0.2) is 0 Å². The molecule has 0 saturated heterocycles. The lowest BCUT2D eigenvalue weighted by molar-refractivity contribution is 0.0472. The molecule has 3 amide bonds. The third-order valence-corrected chi connectivity index (χ3v) is 5.83. The fourth-order valence-corrected chi connectivity index (χ4v) is 4.11. The van der Waals surface area contributed by atoms with E-state index in [9.17, 15) is 14.4 Å². The Bertz CT molecular complexity index is 941. The largest absolute Gasteiger partial charge is 0.497 e. The van der Waals surface area contributed by atoms with Gasteiger partial charge in [-0.15, -0.1) is 11.3 Å². The number of thiophene rings is 1. The molecule has 35 heavy (non-hydrogen) atoms. The maximum Gasteiger partial charge on any atom is 0.407 e. The predicted molar refractivity (Wildman–Crippen MR) is 135 cm³/mol. The van der Waals surface area contributed by atoms with Gasteiger partial charge in [0.05, 0.1) is 13.7 Å². The zero-order valence-electron chi connectivity index (χ0n) is 20.7. The summed E-state index contributed by atoms with van der Waals surface area (Å²) in [5, 5.41) is 16.0. The van der Waals surface area contributed by atoms with E-state index in [1.54, 1.807) is 68.4 Å². The van der Waals surface area contributed by atoms with Crippen molar-refractivity contribution in [3.63, 3.8) is 0 Å². The molecule has 2 rings (SSSR count). The minimum atomic E-state index is -1.07. The molecule has 0 saturated carbocycles. The van der Waals surface area contributed by atoms with Crippen molar-refractivity contribution in [3.05, 3.63) is 52.2 Å². The number of methoxy groups -OCH3 is 1. The second kappa shape index (κ2) is 13.6. The Morgan fingerprint density at radius 1 is 1.11 bits per heavy atom. The average molecular weight is 506 g/mol. The van der Waals surface area contributed by atoms with Crippen molar-refractivity contribution in [3.8, 4) is 5.75 Å². The third kappa shape index (κ3) is 10.7. The van der Waals surface area contributed by atoms with E-state index in [1.165, 1.54) is 0 Å². The van der Waals surface area contributed by atoms with Gasteiger partial charge in [0, 0.05) is 29.6 Å². The first kappa shape index (κ1) is 28.0. The van der Waals surface area contributed by atoms with Crippen LogP contribution in [0.25, 0.3) is 0 Å². The molecule has 1 atom stereocenters. The van der Waals surface area contributed by atoms with Crippen LogP contribution in [0.2, 0.25) is 0 Å². The van der Waals surface area contributed by atoms with Crippen LogP contribution in [0.5, 0.6) is 5.75 Å². The first-order chi connectivity index (χ1) is 16.6. The van der Waals surface area contributed by atoms with Crippen LogP contribution < -0.4 is 15.4 Å². The third-order valence-electron chi connectivity index (χ3n) is 4.97. The number of amides is 3. The highest BCUT2D eigenvalue weighted by Gasteiger charge is 2.24. The van der Waals surface area contributed by atoms with Crippen molar-refractivity contribution >= 4 is 29.4 Å². The lowest BCUT2D eigenvalue weighted by Crippen LogP contribution is -2.47. The van der Waals surface area contributed by atoms with Gasteiger partial charge in [0.1, 0.15) is 11.4 Å². The van der Waals surface area contributed by atoms with E-state index in [2.05, 4.69) is 10.6 Å². The van der Waals surface area contributed by atoms with Crippen LogP contribution in [0.15, 0.2) is 41.8 Å². The van der Waals surface area contributed by atoms with E-state index in [0.717, 1.165) is 4.88 Å². The van der Waals surface area contributed by atoms with Crippen LogP contribution in [0.3, 0.4) is 0 Å². The molecule has 0 spiro atoms. The van der Waals surface area contributed by atoms with Crippen molar-refractivity contribution < 1.29 is 29.0 Å². The SMILES string of the molecule is COc1ccc(C(=O)N(Cc2cccs2)C[C@H](CCCCNC(=O)O)NC(=O)OC(C)(C)C)cc1. The summed E-state index contributed by atoms with van der Waals surface area (Å²) in [6.07, 6.45) is 0.192. The van der Waals surface area contributed by atoms with Crippen LogP contribution in [0.1, 0.15) is 55.3 Å². The molecule has 2 aromatic rings. The summed E-state index contributed by atoms with van der Waals surface area (Å²) in [7, 11) is 1.57. The number of hydrogen-bond acceptors (Lipinski definition) is 6. The van der Waals surface area contributed by atoms with E-state index in [1.807, 2.05) is 17.5 Å². The summed E-state index contributed by atoms with van der Waals surface area (Å²) >= 11 is 1.56. The Labute approximate surface area is 210 Å². The number of unbranched alkanes of at least 4 members (excludes halogenated alkanes) is 1. The highest BCUT2D eigenvalue weighted by molar-refractivity contribution is 7.09. The highest BCUT2D eigenvalue weighted by Crippen LogP contribution is 2.18. The maximum absolute atomic E-state index is 13.4. The molecule has 10 heteroatoms. The number of benzene rings is 1. The number of nitrogens with one attached hydrogen (secondary N) is 2. The van der Waals surface area contributed by atoms with E-state index < -0.39 is 17.8 Å². The van der Waals surface area contributed by atoms with Gasteiger partial charge < -0.3 is 30.1 Å². The molecule has 9 nitrogen and oxygen atoms in total. The van der Waals surface area contributed by atoms with Crippen molar-refractivity contribution in [1.29, 1.82) is 0 Å². The van der Waals surface area contributed by atoms with Crippen molar-refractivity contribution in [2.24, 2.45) is 0 Å². The zero-order chi connectivity index (χ0) is 25.8. The summed E-state index contributed by atoms with van der Waals surface area (Å²) in [6.45, 7) is 6.35. The molecule has 0 radical (unpaired) electrons. The fourth-order valence-electron chi connectivity index (χ4n) is 3.39. The van der Waals surface area contributed by atoms with Crippen LogP contribution in [-0.4, -0.2) is 59.9 Å². The van der Waals surface area contributed by atoms with Gasteiger partial charge in [-0.1, -0.05) is 6.07 Å². The molecule has 1 aromatic carbocycles. The molecule has 0 bridgehead atoms. The quantitative estimate of drug-likeness (QED) is 0.359. The highest BCUT2D eigenvalue weighted by atomic mass is 32.1. The lowest BCUT2D eigenvalue weighted by atomic mass is 10.1. The first-order valence-corrected chi connectivity index (χ1v) is 12.4. The Balaban J connectivity index is 2.17. The normalized spacial score (nSPS) is 11.9. The summed E-state index contributed by atoms with van der Waals surface area (Å²) in [5.74, 6) is 0.496. The number of nitrogens with zero attached hydrogens (tertiary/aromatic N) is 1. The second-order valence-corrected chi connectivity index (χ2v) is 10.1. The van der Waals surface area contributed by atoms with Gasteiger partial charge in [-0.2, -0.15) is 0 Å². The zero-order valence-corrected chi connectivity index (χ0v) is 21.5. The van der Waals surface area contributed by atoms with E-state index in [0.29, 0.717) is 43.7 Å². The number of hydrogen-bond donors (Lipinski definition) is 3. The smallest absolute Gasteiger partial charge is 0.407 e. The molecule has 192 valence electrons. The summed E-state index contributed by atoms with van der Waals surface area (Å²) in [5.41, 5.74) is -0.140. The van der Waals surface area contributed by atoms with Crippen LogP contribution in [0, 0.1) is 0 Å². The second-order valence-electron chi connectivity index (χ2n) is 9.06. The molecule has 0 aliphatic rings. The summed E-state index contributed by atoms with van der Waals surface area (Å²) < 4.78 is 10.6. The van der Waals surface area contributed by atoms with Crippen molar-refractivity contribution in [2.45, 2.75) is 58.2 Å². The number of carbonyl (C=O) groups is 3. The molecule has 1 heterocycles. The van der Waals surface area contributed by atoms with Crippen LogP contribution >= 0.6 is 11.3 Å². The van der Waals surface area contributed by atoms with Gasteiger partial charge in [-0.25, -0.2) is 9.59 Å². The Hall–Kier alpha value is -3.27. The Kier molecular flexibility index (Phi) is 10.8. The number of alkyl carbamates (subject to hydrolysis) is 1. The van der Waals surface area contributed by atoms with Gasteiger partial charge in [-0.3, -0.25) is 4.79 Å². The molecule has 1 aromatic heterocycles. The van der Waals surface area contributed by atoms with Gasteiger partial charge in [0.25, 0.3) is 5.91 Å². The number of ether oxygens (including phenoxy) is 2. The molecule has 0 fully saturated rings. The molecular weight excluding hydrogens is 470 g/mol. The summed E-state index contributed by atoms with van der Waals surface area (Å²) in [4.78, 5) is 39.4. The topological polar surface area (TPSA) is 117 Å². The average Bonchev–Trinajstić information content (AvgIpc) is 3.29. The molecule has 0 unspecified atom stereocenters. The standard InChI is InChI=1S/C25H35N3O6S/c1-25(2,3)34-24(32)27-19(8-5-6-14-26-23(30)31)16-28(17-21-9-7-15-35-21)22(29)18-10-12-20(33-4)13-11-18/h7,9-13,15,19,26H,5-6,8,14,16-17H2,1-4H3,(H,27,32)(H,30,31)/t19-/m0/s1. The molecule has 0 aliphatic heterocycles. The first-order valence-electron chi connectivity index (χ1n) is 11.5. The fraction of sp³-hybridized carbons (Fsp3) is 0.480. The lowest BCUT2D eigenvalue weighted by Gasteiger charge is -2.29. The number of carbonyl (C=O) groups excluding carboxylic acids is 2. The maximum atomic E-state index is 13.4. The molecule has 3 N–H and O–H groups in total. The van der Waals surface area contributed by atoms with Crippen molar-refractivity contribution in [2.75, 3.05) is 20.2 Å². The van der Waals surface area contributed by atoms with Gasteiger partial charge in [-0.05, 0) is 75.7 Å². The summed E-state index contributed by atoms with van der Waals surface area (Å²) in [6, 6.07) is 10.4. The molecule has 0 aliphatic carbocycles. The van der Waals surface area contributed by atoms with Gasteiger partial charge >= 0.3 is 12.2 Å². The number of carboxylic acid groups (broad SMARTS) is 1. The van der Waals surface area contributed by atoms with E-state index in [-0.39, 0.29) is 18.5 Å². The minimum absolute atomic E-state index is 0.162. The van der Waals surface area contributed by atoms with Crippen LogP contribution in [0.4, 0.5) is 9.59 Å². The van der Waals surface area contributed by atoms with E-state index in [4.69, 9.17) is 14.6 Å². The van der Waals surface area contributed by atoms with Crippen molar-refractivity contribution in [1.82, 2.24) is 15.5 Å². The Morgan fingerprint density at radius 2 is 1.83 bits per heavy atom. The van der Waals surface area contributed by atoms with E-state index >= 15 is 0 Å². The van der Waals surface area contributed by atoms with Gasteiger partial charge in [0.2, 0.25) is 0 Å². The van der Waals surface area contributed by atoms with Crippen LogP contribution in [-0.2, 0) is 11.3 Å². The number of rotatable bonds is 12. The Morgan fingerprint density at radius 3 is 2.40 bits per heavy atom. The molecular formula is C25H35N3O6S. The predicted octanol–water partition coefficient (Wildman–Crippen LogP) is 4.73.